The fourth-order valence-electron chi connectivity index (χ4n) is 2.08. The summed E-state index contributed by atoms with van der Waals surface area (Å²) in [4.78, 5) is 7.42. The Balaban J connectivity index is 2.01. The van der Waals surface area contributed by atoms with Crippen molar-refractivity contribution in [3.8, 4) is 0 Å². The molecule has 1 heterocycles. The van der Waals surface area contributed by atoms with Gasteiger partial charge in [0.15, 0.2) is 0 Å². The van der Waals surface area contributed by atoms with E-state index in [-0.39, 0.29) is 0 Å². The van der Waals surface area contributed by atoms with E-state index in [1.165, 1.54) is 11.1 Å². The van der Waals surface area contributed by atoms with Gasteiger partial charge in [0.25, 0.3) is 0 Å². The van der Waals surface area contributed by atoms with E-state index in [2.05, 4.69) is 60.3 Å². The highest BCUT2D eigenvalue weighted by Crippen LogP contribution is 2.17. The first kappa shape index (κ1) is 12.8. The maximum atomic E-state index is 4.31. The Morgan fingerprint density at radius 1 is 1.22 bits per heavy atom. The number of hydrogen-bond donors (Lipinski definition) is 2. The summed E-state index contributed by atoms with van der Waals surface area (Å²) in [5.74, 6) is 0. The van der Waals surface area contributed by atoms with Crippen molar-refractivity contribution in [2.24, 2.45) is 0 Å². The molecule has 3 heteroatoms. The molecule has 0 bridgehead atoms. The molecule has 2 N–H and O–H groups in total. The van der Waals surface area contributed by atoms with Gasteiger partial charge in [-0.2, -0.15) is 0 Å². The van der Waals surface area contributed by atoms with Gasteiger partial charge in [0.2, 0.25) is 0 Å². The standard InChI is InChI=1S/C15H21N3/c1-4-14(13-7-5-11(2)6-8-13)16-9-15-12(3)17-10-18-15/h5-8,10,14,16H,4,9H2,1-3H3,(H,17,18). The van der Waals surface area contributed by atoms with Gasteiger partial charge in [0, 0.05) is 18.3 Å². The number of nitrogens with one attached hydrogen (secondary N) is 2. The van der Waals surface area contributed by atoms with Crippen molar-refractivity contribution in [3.05, 3.63) is 53.1 Å². The number of H-pyrrole nitrogens is 1. The number of hydrogen-bond acceptors (Lipinski definition) is 2. The first-order valence-electron chi connectivity index (χ1n) is 6.49. The molecule has 1 aromatic heterocycles. The van der Waals surface area contributed by atoms with Crippen molar-refractivity contribution in [2.75, 3.05) is 0 Å². The minimum Gasteiger partial charge on any atom is -0.348 e. The van der Waals surface area contributed by atoms with Crippen molar-refractivity contribution in [1.82, 2.24) is 15.3 Å². The summed E-state index contributed by atoms with van der Waals surface area (Å²) in [6, 6.07) is 9.13. The fraction of sp³-hybridized carbons (Fsp3) is 0.400. The Hall–Kier alpha value is -1.61. The third-order valence-corrected chi connectivity index (χ3v) is 3.34. The lowest BCUT2D eigenvalue weighted by Crippen LogP contribution is -2.20. The van der Waals surface area contributed by atoms with Crippen molar-refractivity contribution >= 4 is 0 Å². The predicted octanol–water partition coefficient (Wildman–Crippen LogP) is 3.27. The van der Waals surface area contributed by atoms with Crippen LogP contribution in [0, 0.1) is 13.8 Å². The van der Waals surface area contributed by atoms with E-state index < -0.39 is 0 Å². The van der Waals surface area contributed by atoms with Crippen LogP contribution in [0.15, 0.2) is 30.6 Å². The molecule has 1 unspecified atom stereocenters. The highest BCUT2D eigenvalue weighted by atomic mass is 15.0. The van der Waals surface area contributed by atoms with Crippen molar-refractivity contribution in [3.63, 3.8) is 0 Å². The number of imidazole rings is 1. The Kier molecular flexibility index (Phi) is 4.15. The maximum absolute atomic E-state index is 4.31. The van der Waals surface area contributed by atoms with Gasteiger partial charge in [-0.25, -0.2) is 4.98 Å². The molecule has 0 aliphatic heterocycles. The van der Waals surface area contributed by atoms with Crippen LogP contribution in [0.25, 0.3) is 0 Å². The van der Waals surface area contributed by atoms with Gasteiger partial charge in [-0.15, -0.1) is 0 Å². The molecule has 2 rings (SSSR count). The van der Waals surface area contributed by atoms with Crippen LogP contribution < -0.4 is 5.32 Å². The number of rotatable bonds is 5. The van der Waals surface area contributed by atoms with Crippen molar-refractivity contribution in [1.29, 1.82) is 0 Å². The van der Waals surface area contributed by atoms with E-state index in [9.17, 15) is 0 Å². The summed E-state index contributed by atoms with van der Waals surface area (Å²) in [6.07, 6.45) is 2.83. The van der Waals surface area contributed by atoms with Crippen LogP contribution in [0.1, 0.15) is 41.9 Å². The molecule has 0 amide bonds. The van der Waals surface area contributed by atoms with E-state index in [1.54, 1.807) is 6.33 Å². The summed E-state index contributed by atoms with van der Waals surface area (Å²) in [5, 5.41) is 3.57. The van der Waals surface area contributed by atoms with Crippen LogP contribution in [0.2, 0.25) is 0 Å². The molecule has 0 aliphatic carbocycles. The van der Waals surface area contributed by atoms with Gasteiger partial charge in [0.1, 0.15) is 0 Å². The van der Waals surface area contributed by atoms with Crippen LogP contribution in [-0.2, 0) is 6.54 Å². The second-order valence-corrected chi connectivity index (χ2v) is 4.73. The van der Waals surface area contributed by atoms with Gasteiger partial charge < -0.3 is 10.3 Å². The zero-order chi connectivity index (χ0) is 13.0. The highest BCUT2D eigenvalue weighted by Gasteiger charge is 2.09. The molecule has 18 heavy (non-hydrogen) atoms. The number of aromatic nitrogens is 2. The van der Waals surface area contributed by atoms with Crippen LogP contribution in [0.5, 0.6) is 0 Å². The largest absolute Gasteiger partial charge is 0.348 e. The molecule has 2 aromatic rings. The summed E-state index contributed by atoms with van der Waals surface area (Å²) < 4.78 is 0. The molecular weight excluding hydrogens is 222 g/mol. The molecule has 0 radical (unpaired) electrons. The molecule has 0 saturated carbocycles. The number of benzene rings is 1. The monoisotopic (exact) mass is 243 g/mol. The predicted molar refractivity (Wildman–Crippen MR) is 74.4 cm³/mol. The van der Waals surface area contributed by atoms with Crippen LogP contribution in [-0.4, -0.2) is 9.97 Å². The lowest BCUT2D eigenvalue weighted by atomic mass is 10.0. The Morgan fingerprint density at radius 3 is 2.50 bits per heavy atom. The van der Waals surface area contributed by atoms with Crippen LogP contribution >= 0.6 is 0 Å². The molecule has 1 aromatic carbocycles. The quantitative estimate of drug-likeness (QED) is 0.846. The first-order chi connectivity index (χ1) is 8.70. The Morgan fingerprint density at radius 2 is 1.94 bits per heavy atom. The molecule has 0 spiro atoms. The fourth-order valence-corrected chi connectivity index (χ4v) is 2.08. The second-order valence-electron chi connectivity index (χ2n) is 4.73. The Labute approximate surface area is 109 Å². The van der Waals surface area contributed by atoms with Crippen molar-refractivity contribution in [2.45, 2.75) is 39.8 Å². The van der Waals surface area contributed by atoms with E-state index >= 15 is 0 Å². The smallest absolute Gasteiger partial charge is 0.0925 e. The summed E-state index contributed by atoms with van der Waals surface area (Å²) >= 11 is 0. The SMILES string of the molecule is CCC(NCc1nc[nH]c1C)c1ccc(C)cc1. The summed E-state index contributed by atoms with van der Waals surface area (Å²) in [6.45, 7) is 7.18. The van der Waals surface area contributed by atoms with E-state index in [4.69, 9.17) is 0 Å². The van der Waals surface area contributed by atoms with E-state index in [1.807, 2.05) is 0 Å². The average molecular weight is 243 g/mol. The summed E-state index contributed by atoms with van der Waals surface area (Å²) in [7, 11) is 0. The topological polar surface area (TPSA) is 40.7 Å². The van der Waals surface area contributed by atoms with Crippen LogP contribution in [0.4, 0.5) is 0 Å². The average Bonchev–Trinajstić information content (AvgIpc) is 2.78. The molecule has 0 saturated heterocycles. The molecular formula is C15H21N3. The van der Waals surface area contributed by atoms with Gasteiger partial charge in [0.05, 0.1) is 12.0 Å². The molecule has 0 fully saturated rings. The van der Waals surface area contributed by atoms with E-state index in [0.717, 1.165) is 24.4 Å². The third-order valence-electron chi connectivity index (χ3n) is 3.34. The molecule has 0 aliphatic rings. The number of aryl methyl sites for hydroxylation is 2. The third kappa shape index (κ3) is 2.99. The van der Waals surface area contributed by atoms with Gasteiger partial charge in [-0.05, 0) is 25.8 Å². The lowest BCUT2D eigenvalue weighted by Gasteiger charge is -2.17. The normalized spacial score (nSPS) is 12.6. The molecule has 1 atom stereocenters. The minimum absolute atomic E-state index is 0.390. The number of aromatic amines is 1. The second kappa shape index (κ2) is 5.83. The maximum Gasteiger partial charge on any atom is 0.0925 e. The van der Waals surface area contributed by atoms with Gasteiger partial charge >= 0.3 is 0 Å². The van der Waals surface area contributed by atoms with Gasteiger partial charge in [-0.1, -0.05) is 36.8 Å². The van der Waals surface area contributed by atoms with Gasteiger partial charge in [-0.3, -0.25) is 0 Å². The highest BCUT2D eigenvalue weighted by molar-refractivity contribution is 5.24. The molecule has 96 valence electrons. The zero-order valence-corrected chi connectivity index (χ0v) is 11.3. The lowest BCUT2D eigenvalue weighted by molar-refractivity contribution is 0.514. The first-order valence-corrected chi connectivity index (χ1v) is 6.49. The molecule has 3 nitrogen and oxygen atoms in total. The van der Waals surface area contributed by atoms with Crippen LogP contribution in [0.3, 0.4) is 0 Å². The minimum atomic E-state index is 0.390. The van der Waals surface area contributed by atoms with Crippen molar-refractivity contribution < 1.29 is 0 Å². The van der Waals surface area contributed by atoms with E-state index in [0.29, 0.717) is 6.04 Å². The zero-order valence-electron chi connectivity index (χ0n) is 11.3. The number of nitrogens with zero attached hydrogens (tertiary/aromatic N) is 1. The Bertz CT molecular complexity index is 485. The summed E-state index contributed by atoms with van der Waals surface area (Å²) in [5.41, 5.74) is 4.88.